The number of benzene rings is 1. The van der Waals surface area contributed by atoms with Gasteiger partial charge in [0.25, 0.3) is 0 Å². The first-order valence-corrected chi connectivity index (χ1v) is 9.96. The van der Waals surface area contributed by atoms with Gasteiger partial charge in [0.2, 0.25) is 11.8 Å². The molecule has 3 amide bonds. The molecule has 3 N–H and O–H groups in total. The van der Waals surface area contributed by atoms with Gasteiger partial charge < -0.3 is 15.4 Å². The molecule has 0 spiro atoms. The first-order chi connectivity index (χ1) is 13.6. The SMILES string of the molecule is CC(C)(C)OC(=O)N1CCC(c2ccc(C3CCC(=O)NC3=O)c(N)c2F)CC1. The van der Waals surface area contributed by atoms with E-state index in [1.54, 1.807) is 17.0 Å². The highest BCUT2D eigenvalue weighted by atomic mass is 19.1. The van der Waals surface area contributed by atoms with E-state index in [0.29, 0.717) is 43.5 Å². The second-order valence-corrected chi connectivity index (χ2v) is 8.72. The van der Waals surface area contributed by atoms with Crippen molar-refractivity contribution in [2.24, 2.45) is 0 Å². The van der Waals surface area contributed by atoms with Crippen LogP contribution in [0.15, 0.2) is 12.1 Å². The lowest BCUT2D eigenvalue weighted by molar-refractivity contribution is -0.134. The molecule has 2 heterocycles. The highest BCUT2D eigenvalue weighted by Gasteiger charge is 2.33. The third-order valence-corrected chi connectivity index (χ3v) is 5.44. The monoisotopic (exact) mass is 405 g/mol. The van der Waals surface area contributed by atoms with E-state index in [9.17, 15) is 14.4 Å². The fraction of sp³-hybridized carbons (Fsp3) is 0.571. The van der Waals surface area contributed by atoms with Crippen molar-refractivity contribution in [3.8, 4) is 0 Å². The van der Waals surface area contributed by atoms with E-state index in [4.69, 9.17) is 10.5 Å². The maximum Gasteiger partial charge on any atom is 0.410 e. The molecule has 7 nitrogen and oxygen atoms in total. The number of imide groups is 1. The number of carbonyl (C=O) groups is 3. The second kappa shape index (κ2) is 8.00. The number of ether oxygens (including phenoxy) is 1. The van der Waals surface area contributed by atoms with Gasteiger partial charge in [0.1, 0.15) is 11.4 Å². The second-order valence-electron chi connectivity index (χ2n) is 8.72. The van der Waals surface area contributed by atoms with E-state index in [1.807, 2.05) is 20.8 Å². The molecule has 29 heavy (non-hydrogen) atoms. The minimum atomic E-state index is -0.620. The number of piperidine rings is 2. The summed E-state index contributed by atoms with van der Waals surface area (Å²) < 4.78 is 20.4. The van der Waals surface area contributed by atoms with Crippen LogP contribution in [0.4, 0.5) is 14.9 Å². The highest BCUT2D eigenvalue weighted by molar-refractivity contribution is 6.01. The average molecular weight is 405 g/mol. The van der Waals surface area contributed by atoms with Gasteiger partial charge in [-0.1, -0.05) is 12.1 Å². The summed E-state index contributed by atoms with van der Waals surface area (Å²) in [7, 11) is 0. The van der Waals surface area contributed by atoms with Crippen LogP contribution in [0.25, 0.3) is 0 Å². The Morgan fingerprint density at radius 3 is 2.38 bits per heavy atom. The van der Waals surface area contributed by atoms with Crippen LogP contribution in [0, 0.1) is 5.82 Å². The number of hydrogen-bond donors (Lipinski definition) is 2. The molecule has 1 atom stereocenters. The fourth-order valence-electron chi connectivity index (χ4n) is 3.93. The molecule has 1 aromatic carbocycles. The molecular formula is C21H28FN3O4. The first kappa shape index (κ1) is 21.1. The molecule has 0 aromatic heterocycles. The Balaban J connectivity index is 1.70. The van der Waals surface area contributed by atoms with Gasteiger partial charge in [-0.2, -0.15) is 0 Å². The van der Waals surface area contributed by atoms with Crippen molar-refractivity contribution >= 4 is 23.6 Å². The molecule has 1 unspecified atom stereocenters. The molecule has 2 fully saturated rings. The number of carbonyl (C=O) groups excluding carboxylic acids is 3. The quantitative estimate of drug-likeness (QED) is 0.582. The normalized spacial score (nSPS) is 21.1. The van der Waals surface area contributed by atoms with Crippen molar-refractivity contribution in [2.75, 3.05) is 18.8 Å². The van der Waals surface area contributed by atoms with E-state index in [-0.39, 0.29) is 30.0 Å². The molecule has 2 aliphatic rings. The zero-order valence-corrected chi connectivity index (χ0v) is 17.1. The molecule has 2 saturated heterocycles. The molecular weight excluding hydrogens is 377 g/mol. The van der Waals surface area contributed by atoms with E-state index in [1.165, 1.54) is 0 Å². The van der Waals surface area contributed by atoms with E-state index in [0.717, 1.165) is 0 Å². The standard InChI is InChI=1S/C21H28FN3O4/c1-21(2,3)29-20(28)25-10-8-12(9-11-25)13-4-5-14(18(23)17(13)22)15-6-7-16(26)24-19(15)27/h4-5,12,15H,6-11,23H2,1-3H3,(H,24,26,27). The van der Waals surface area contributed by atoms with Crippen LogP contribution in [0.2, 0.25) is 0 Å². The van der Waals surface area contributed by atoms with Crippen molar-refractivity contribution < 1.29 is 23.5 Å². The fourth-order valence-corrected chi connectivity index (χ4v) is 3.93. The smallest absolute Gasteiger partial charge is 0.410 e. The number of hydrogen-bond acceptors (Lipinski definition) is 5. The number of nitrogens with two attached hydrogens (primary N) is 1. The summed E-state index contributed by atoms with van der Waals surface area (Å²) >= 11 is 0. The van der Waals surface area contributed by atoms with Crippen molar-refractivity contribution in [1.82, 2.24) is 10.2 Å². The zero-order chi connectivity index (χ0) is 21.3. The third-order valence-electron chi connectivity index (χ3n) is 5.44. The van der Waals surface area contributed by atoms with Crippen molar-refractivity contribution in [3.05, 3.63) is 29.1 Å². The molecule has 1 aromatic rings. The number of halogens is 1. The number of rotatable bonds is 2. The van der Waals surface area contributed by atoms with Crippen LogP contribution in [0.5, 0.6) is 0 Å². The third kappa shape index (κ3) is 4.68. The Labute approximate surface area is 169 Å². The topological polar surface area (TPSA) is 102 Å². The van der Waals surface area contributed by atoms with Gasteiger partial charge in [0.15, 0.2) is 0 Å². The maximum atomic E-state index is 15.1. The molecule has 2 aliphatic heterocycles. The van der Waals surface area contributed by atoms with E-state index in [2.05, 4.69) is 5.32 Å². The Bertz CT molecular complexity index is 826. The summed E-state index contributed by atoms with van der Waals surface area (Å²) in [6.07, 6.45) is 1.38. The van der Waals surface area contributed by atoms with Crippen LogP contribution in [-0.4, -0.2) is 41.5 Å². The summed E-state index contributed by atoms with van der Waals surface area (Å²) in [4.78, 5) is 37.3. The largest absolute Gasteiger partial charge is 0.444 e. The predicted molar refractivity (Wildman–Crippen MR) is 106 cm³/mol. The number of nitrogens with one attached hydrogen (secondary N) is 1. The summed E-state index contributed by atoms with van der Waals surface area (Å²) in [5.41, 5.74) is 6.37. The lowest BCUT2D eigenvalue weighted by atomic mass is 9.84. The number of nitrogens with zero attached hydrogens (tertiary/aromatic N) is 1. The average Bonchev–Trinajstić information content (AvgIpc) is 2.63. The molecule has 158 valence electrons. The van der Waals surface area contributed by atoms with Crippen molar-refractivity contribution in [1.29, 1.82) is 0 Å². The number of likely N-dealkylation sites (tertiary alicyclic amines) is 1. The summed E-state index contributed by atoms with van der Waals surface area (Å²) in [6.45, 7) is 6.42. The van der Waals surface area contributed by atoms with Gasteiger partial charge in [0, 0.05) is 19.5 Å². The van der Waals surface area contributed by atoms with E-state index < -0.39 is 23.2 Å². The molecule has 8 heteroatoms. The lowest BCUT2D eigenvalue weighted by Gasteiger charge is -2.34. The minimum absolute atomic E-state index is 0.0356. The zero-order valence-electron chi connectivity index (χ0n) is 17.1. The number of nitrogen functional groups attached to an aromatic ring is 1. The van der Waals surface area contributed by atoms with Gasteiger partial charge in [-0.15, -0.1) is 0 Å². The van der Waals surface area contributed by atoms with Gasteiger partial charge >= 0.3 is 6.09 Å². The van der Waals surface area contributed by atoms with Crippen LogP contribution in [-0.2, 0) is 14.3 Å². The summed E-state index contributed by atoms with van der Waals surface area (Å²) in [6, 6.07) is 3.37. The van der Waals surface area contributed by atoms with Crippen LogP contribution in [0.1, 0.15) is 69.4 Å². The summed E-state index contributed by atoms with van der Waals surface area (Å²) in [5, 5.41) is 2.28. The van der Waals surface area contributed by atoms with Gasteiger partial charge in [-0.3, -0.25) is 14.9 Å². The predicted octanol–water partition coefficient (Wildman–Crippen LogP) is 3.04. The molecule has 0 radical (unpaired) electrons. The number of amides is 3. The Hall–Kier alpha value is -2.64. The van der Waals surface area contributed by atoms with Gasteiger partial charge in [-0.25, -0.2) is 9.18 Å². The highest BCUT2D eigenvalue weighted by Crippen LogP contribution is 2.37. The molecule has 0 aliphatic carbocycles. The summed E-state index contributed by atoms with van der Waals surface area (Å²) in [5.74, 6) is -1.95. The van der Waals surface area contributed by atoms with Crippen LogP contribution >= 0.6 is 0 Å². The first-order valence-electron chi connectivity index (χ1n) is 9.96. The maximum absolute atomic E-state index is 15.1. The van der Waals surface area contributed by atoms with Crippen LogP contribution < -0.4 is 11.1 Å². The molecule has 3 rings (SSSR count). The Morgan fingerprint density at radius 2 is 1.79 bits per heavy atom. The Morgan fingerprint density at radius 1 is 1.17 bits per heavy atom. The van der Waals surface area contributed by atoms with Crippen molar-refractivity contribution in [3.63, 3.8) is 0 Å². The van der Waals surface area contributed by atoms with Crippen LogP contribution in [0.3, 0.4) is 0 Å². The molecule has 0 bridgehead atoms. The molecule has 0 saturated carbocycles. The Kier molecular flexibility index (Phi) is 5.82. The van der Waals surface area contributed by atoms with E-state index >= 15 is 4.39 Å². The van der Waals surface area contributed by atoms with Gasteiger partial charge in [-0.05, 0) is 57.1 Å². The minimum Gasteiger partial charge on any atom is -0.444 e. The van der Waals surface area contributed by atoms with Gasteiger partial charge in [0.05, 0.1) is 11.6 Å². The lowest BCUT2D eigenvalue weighted by Crippen LogP contribution is -2.41. The number of anilines is 1. The van der Waals surface area contributed by atoms with Crippen molar-refractivity contribution in [2.45, 2.75) is 63.9 Å².